The molecule has 0 bridgehead atoms. The van der Waals surface area contributed by atoms with Gasteiger partial charge in [0.15, 0.2) is 0 Å². The summed E-state index contributed by atoms with van der Waals surface area (Å²) in [5, 5.41) is 4.98. The second kappa shape index (κ2) is 5.63. The van der Waals surface area contributed by atoms with Gasteiger partial charge in [-0.15, -0.1) is 0 Å². The normalized spacial score (nSPS) is 16.5. The van der Waals surface area contributed by atoms with E-state index in [0.29, 0.717) is 0 Å². The summed E-state index contributed by atoms with van der Waals surface area (Å²) in [7, 11) is 0. The molecule has 4 aromatic rings. The number of rotatable bonds is 1. The first-order chi connectivity index (χ1) is 12.7. The van der Waals surface area contributed by atoms with Crippen LogP contribution in [-0.2, 0) is 6.42 Å². The Morgan fingerprint density at radius 1 is 0.692 bits per heavy atom. The number of hydrogen-bond donors (Lipinski definition) is 2. The summed E-state index contributed by atoms with van der Waals surface area (Å²) in [6, 6.07) is 25.3. The average Bonchev–Trinajstić information content (AvgIpc) is 2.68. The van der Waals surface area contributed by atoms with Crippen molar-refractivity contribution in [1.29, 1.82) is 0 Å². The molecule has 0 aromatic heterocycles. The number of hydrogen-bond acceptors (Lipinski definition) is 2. The average molecular weight is 336 g/mol. The molecule has 0 saturated carbocycles. The van der Waals surface area contributed by atoms with Crippen LogP contribution < -0.4 is 11.5 Å². The maximum Gasteiger partial charge on any atom is 0.0320 e. The molecule has 0 saturated heterocycles. The van der Waals surface area contributed by atoms with Crippen molar-refractivity contribution in [2.45, 2.75) is 12.3 Å². The largest absolute Gasteiger partial charge is 0.402 e. The maximum absolute atomic E-state index is 6.53. The van der Waals surface area contributed by atoms with Crippen LogP contribution >= 0.6 is 0 Å². The van der Waals surface area contributed by atoms with Gasteiger partial charge in [0, 0.05) is 17.3 Å². The van der Waals surface area contributed by atoms with E-state index in [1.54, 1.807) is 0 Å². The fourth-order valence-corrected chi connectivity index (χ4v) is 4.28. The lowest BCUT2D eigenvalue weighted by Gasteiger charge is -2.27. The van der Waals surface area contributed by atoms with Crippen molar-refractivity contribution < 1.29 is 0 Å². The third kappa shape index (κ3) is 2.19. The van der Waals surface area contributed by atoms with Gasteiger partial charge in [-0.3, -0.25) is 0 Å². The van der Waals surface area contributed by atoms with Crippen LogP contribution in [-0.4, -0.2) is 0 Å². The molecular formula is C24H20N2. The summed E-state index contributed by atoms with van der Waals surface area (Å²) < 4.78 is 0. The molecule has 0 fully saturated rings. The Morgan fingerprint density at radius 2 is 1.42 bits per heavy atom. The molecule has 0 spiro atoms. The van der Waals surface area contributed by atoms with Crippen molar-refractivity contribution in [3.8, 4) is 0 Å². The third-order valence-electron chi connectivity index (χ3n) is 5.52. The summed E-state index contributed by atoms with van der Waals surface area (Å²) in [6.07, 6.45) is 3.08. The Morgan fingerprint density at radius 3 is 2.23 bits per heavy atom. The first-order valence-electron chi connectivity index (χ1n) is 8.97. The molecule has 2 nitrogen and oxygen atoms in total. The summed E-state index contributed by atoms with van der Waals surface area (Å²) in [4.78, 5) is 0. The number of allylic oxidation sites excluding steroid dienone is 1. The fraction of sp³-hybridized carbons (Fsp3) is 0.0833. The zero-order valence-corrected chi connectivity index (χ0v) is 14.4. The molecule has 0 amide bonds. The second-order valence-electron chi connectivity index (χ2n) is 7.05. The SMILES string of the molecule is NC1=Cc2c(c3ccc(N)cc3c3ccccc23)CC1c1ccccc1. The van der Waals surface area contributed by atoms with E-state index in [1.807, 2.05) is 12.1 Å². The van der Waals surface area contributed by atoms with Gasteiger partial charge in [-0.05, 0) is 62.9 Å². The van der Waals surface area contributed by atoms with Gasteiger partial charge in [-0.2, -0.15) is 0 Å². The third-order valence-corrected chi connectivity index (χ3v) is 5.52. The van der Waals surface area contributed by atoms with E-state index in [4.69, 9.17) is 11.5 Å². The molecular weight excluding hydrogens is 316 g/mol. The summed E-state index contributed by atoms with van der Waals surface area (Å²) in [5.41, 5.74) is 18.2. The van der Waals surface area contributed by atoms with Crippen LogP contribution in [0.5, 0.6) is 0 Å². The van der Waals surface area contributed by atoms with E-state index in [9.17, 15) is 0 Å². The van der Waals surface area contributed by atoms with Crippen molar-refractivity contribution in [3.63, 3.8) is 0 Å². The highest BCUT2D eigenvalue weighted by molar-refractivity contribution is 6.13. The van der Waals surface area contributed by atoms with Crippen molar-refractivity contribution in [1.82, 2.24) is 0 Å². The van der Waals surface area contributed by atoms with E-state index in [0.717, 1.165) is 17.8 Å². The van der Waals surface area contributed by atoms with Crippen molar-refractivity contribution in [2.75, 3.05) is 5.73 Å². The Balaban J connectivity index is 1.84. The molecule has 5 rings (SSSR count). The van der Waals surface area contributed by atoms with Crippen LogP contribution in [0.4, 0.5) is 5.69 Å². The predicted molar refractivity (Wildman–Crippen MR) is 111 cm³/mol. The van der Waals surface area contributed by atoms with Gasteiger partial charge in [0.25, 0.3) is 0 Å². The molecule has 1 aliphatic rings. The molecule has 1 aliphatic carbocycles. The first-order valence-corrected chi connectivity index (χ1v) is 8.97. The Hall–Kier alpha value is -3.26. The van der Waals surface area contributed by atoms with Gasteiger partial charge in [0.1, 0.15) is 0 Å². The van der Waals surface area contributed by atoms with E-state index >= 15 is 0 Å². The van der Waals surface area contributed by atoms with Gasteiger partial charge < -0.3 is 11.5 Å². The predicted octanol–water partition coefficient (Wildman–Crippen LogP) is 5.21. The van der Waals surface area contributed by atoms with Gasteiger partial charge in [0.05, 0.1) is 0 Å². The number of anilines is 1. The van der Waals surface area contributed by atoms with Crippen LogP contribution in [0, 0.1) is 0 Å². The molecule has 0 aliphatic heterocycles. The minimum absolute atomic E-state index is 0.214. The van der Waals surface area contributed by atoms with E-state index in [2.05, 4.69) is 66.7 Å². The zero-order valence-electron chi connectivity index (χ0n) is 14.4. The van der Waals surface area contributed by atoms with Crippen LogP contribution in [0.25, 0.3) is 27.6 Å². The molecule has 1 atom stereocenters. The van der Waals surface area contributed by atoms with E-state index < -0.39 is 0 Å². The molecule has 4 aromatic carbocycles. The van der Waals surface area contributed by atoms with Gasteiger partial charge >= 0.3 is 0 Å². The molecule has 0 radical (unpaired) electrons. The smallest absolute Gasteiger partial charge is 0.0320 e. The number of fused-ring (bicyclic) bond motifs is 6. The monoisotopic (exact) mass is 336 g/mol. The minimum Gasteiger partial charge on any atom is -0.402 e. The molecule has 0 heterocycles. The Bertz CT molecular complexity index is 1170. The van der Waals surface area contributed by atoms with Crippen LogP contribution in [0.15, 0.2) is 78.5 Å². The van der Waals surface area contributed by atoms with Gasteiger partial charge in [-0.25, -0.2) is 0 Å². The lowest BCUT2D eigenvalue weighted by molar-refractivity contribution is 0.774. The Kier molecular flexibility index (Phi) is 3.26. The maximum atomic E-state index is 6.53. The molecule has 4 N–H and O–H groups in total. The second-order valence-corrected chi connectivity index (χ2v) is 7.05. The highest BCUT2D eigenvalue weighted by Gasteiger charge is 2.24. The highest BCUT2D eigenvalue weighted by atomic mass is 14.6. The van der Waals surface area contributed by atoms with Crippen LogP contribution in [0.3, 0.4) is 0 Å². The van der Waals surface area contributed by atoms with Crippen LogP contribution in [0.2, 0.25) is 0 Å². The summed E-state index contributed by atoms with van der Waals surface area (Å²) >= 11 is 0. The fourth-order valence-electron chi connectivity index (χ4n) is 4.28. The lowest BCUT2D eigenvalue weighted by atomic mass is 9.79. The van der Waals surface area contributed by atoms with Crippen LogP contribution in [0.1, 0.15) is 22.6 Å². The summed E-state index contributed by atoms with van der Waals surface area (Å²) in [5.74, 6) is 0.214. The molecule has 2 heteroatoms. The van der Waals surface area contributed by atoms with Crippen molar-refractivity contribution in [3.05, 3.63) is 95.2 Å². The summed E-state index contributed by atoms with van der Waals surface area (Å²) in [6.45, 7) is 0. The number of nitrogens with two attached hydrogens (primary N) is 2. The zero-order chi connectivity index (χ0) is 17.7. The van der Waals surface area contributed by atoms with Gasteiger partial charge in [-0.1, -0.05) is 60.7 Å². The molecule has 26 heavy (non-hydrogen) atoms. The standard InChI is InChI=1S/C24H20N2/c25-16-10-11-19-21(12-16)17-8-4-5-9-18(17)23-14-24(26)20(13-22(19)23)15-6-2-1-3-7-15/h1-12,14,20H,13,25-26H2. The minimum atomic E-state index is 0.214. The van der Waals surface area contributed by atoms with E-state index in [1.165, 1.54) is 38.2 Å². The highest BCUT2D eigenvalue weighted by Crippen LogP contribution is 2.41. The van der Waals surface area contributed by atoms with Gasteiger partial charge in [0.2, 0.25) is 0 Å². The number of benzene rings is 4. The van der Waals surface area contributed by atoms with Crippen molar-refractivity contribution >= 4 is 33.3 Å². The van der Waals surface area contributed by atoms with E-state index in [-0.39, 0.29) is 5.92 Å². The molecule has 1 unspecified atom stereocenters. The quantitative estimate of drug-likeness (QED) is 0.370. The lowest BCUT2D eigenvalue weighted by Crippen LogP contribution is -2.17. The van der Waals surface area contributed by atoms with Crippen molar-refractivity contribution in [2.24, 2.45) is 5.73 Å². The first kappa shape index (κ1) is 15.0. The Labute approximate surface area is 152 Å². The molecule has 126 valence electrons. The topological polar surface area (TPSA) is 52.0 Å². The number of nitrogen functional groups attached to an aromatic ring is 1.